The second kappa shape index (κ2) is 8.21. The van der Waals surface area contributed by atoms with Gasteiger partial charge in [0, 0.05) is 6.42 Å². The van der Waals surface area contributed by atoms with Crippen molar-refractivity contribution in [1.29, 1.82) is 0 Å². The van der Waals surface area contributed by atoms with E-state index in [2.05, 4.69) is 5.32 Å². The van der Waals surface area contributed by atoms with Crippen LogP contribution in [0.3, 0.4) is 0 Å². The number of hydrogen-bond acceptors (Lipinski definition) is 5. The first-order chi connectivity index (χ1) is 11.8. The summed E-state index contributed by atoms with van der Waals surface area (Å²) in [6, 6.07) is 5.11. The zero-order valence-electron chi connectivity index (χ0n) is 16.1. The molecular weight excluding hydrogens is 338 g/mol. The van der Waals surface area contributed by atoms with Crippen LogP contribution in [-0.4, -0.2) is 40.4 Å². The van der Waals surface area contributed by atoms with E-state index in [9.17, 15) is 14.4 Å². The topological polar surface area (TPSA) is 102 Å². The Morgan fingerprint density at radius 3 is 1.88 bits per heavy atom. The predicted octanol–water partition coefficient (Wildman–Crippen LogP) is 3.16. The van der Waals surface area contributed by atoms with Gasteiger partial charge in [-0.05, 0) is 59.2 Å². The molecule has 1 amide bonds. The molecule has 0 spiro atoms. The first-order valence-electron chi connectivity index (χ1n) is 8.31. The second-order valence-electron chi connectivity index (χ2n) is 7.94. The van der Waals surface area contributed by atoms with Crippen LogP contribution in [0.4, 0.5) is 4.79 Å². The SMILES string of the molecule is CC(C)(C)OC(=O)N[C@@H](Cc1ccc(C(=O)O)cc1)C(=O)OC(C)(C)C. The molecule has 7 nitrogen and oxygen atoms in total. The molecule has 0 fully saturated rings. The number of esters is 1. The maximum absolute atomic E-state index is 12.5. The lowest BCUT2D eigenvalue weighted by molar-refractivity contribution is -0.157. The molecule has 1 atom stereocenters. The van der Waals surface area contributed by atoms with Crippen LogP contribution in [0.25, 0.3) is 0 Å². The molecule has 1 aromatic rings. The molecule has 26 heavy (non-hydrogen) atoms. The third-order valence-corrected chi connectivity index (χ3v) is 3.02. The van der Waals surface area contributed by atoms with Gasteiger partial charge in [0.15, 0.2) is 0 Å². The summed E-state index contributed by atoms with van der Waals surface area (Å²) in [5.41, 5.74) is -0.589. The highest BCUT2D eigenvalue weighted by atomic mass is 16.6. The van der Waals surface area contributed by atoms with E-state index in [0.29, 0.717) is 5.56 Å². The minimum atomic E-state index is -1.04. The molecule has 0 unspecified atom stereocenters. The molecule has 0 aliphatic rings. The zero-order valence-corrected chi connectivity index (χ0v) is 16.1. The number of rotatable bonds is 5. The molecule has 0 saturated carbocycles. The van der Waals surface area contributed by atoms with Gasteiger partial charge >= 0.3 is 18.0 Å². The molecule has 0 saturated heterocycles. The molecule has 2 N–H and O–H groups in total. The van der Waals surface area contributed by atoms with E-state index >= 15 is 0 Å². The number of alkyl carbamates (subject to hydrolysis) is 1. The Morgan fingerprint density at radius 2 is 1.46 bits per heavy atom. The van der Waals surface area contributed by atoms with Crippen LogP contribution < -0.4 is 5.32 Å². The molecule has 1 rings (SSSR count). The van der Waals surface area contributed by atoms with Crippen molar-refractivity contribution in [3.8, 4) is 0 Å². The second-order valence-corrected chi connectivity index (χ2v) is 7.94. The van der Waals surface area contributed by atoms with Crippen molar-refractivity contribution in [3.05, 3.63) is 35.4 Å². The molecule has 0 aliphatic heterocycles. The Hall–Kier alpha value is -2.57. The Labute approximate surface area is 153 Å². The Kier molecular flexibility index (Phi) is 6.78. The minimum Gasteiger partial charge on any atom is -0.478 e. The lowest BCUT2D eigenvalue weighted by Gasteiger charge is -2.26. The first-order valence-corrected chi connectivity index (χ1v) is 8.31. The van der Waals surface area contributed by atoms with E-state index < -0.39 is 35.3 Å². The fourth-order valence-electron chi connectivity index (χ4n) is 2.04. The third-order valence-electron chi connectivity index (χ3n) is 3.02. The molecular formula is C19H27NO6. The first kappa shape index (κ1) is 21.5. The summed E-state index contributed by atoms with van der Waals surface area (Å²) in [5.74, 6) is -1.63. The number of carbonyl (C=O) groups is 3. The smallest absolute Gasteiger partial charge is 0.408 e. The molecule has 0 aliphatic carbocycles. The van der Waals surface area contributed by atoms with Crippen molar-refractivity contribution in [3.63, 3.8) is 0 Å². The van der Waals surface area contributed by atoms with Gasteiger partial charge in [0.05, 0.1) is 5.56 Å². The van der Waals surface area contributed by atoms with Crippen molar-refractivity contribution < 1.29 is 29.0 Å². The summed E-state index contributed by atoms with van der Waals surface area (Å²) in [6.07, 6.45) is -0.579. The van der Waals surface area contributed by atoms with E-state index in [0.717, 1.165) is 0 Å². The lowest BCUT2D eigenvalue weighted by atomic mass is 10.0. The van der Waals surface area contributed by atoms with Crippen LogP contribution in [0.15, 0.2) is 24.3 Å². The largest absolute Gasteiger partial charge is 0.478 e. The van der Waals surface area contributed by atoms with Crippen molar-refractivity contribution in [1.82, 2.24) is 5.32 Å². The fraction of sp³-hybridized carbons (Fsp3) is 0.526. The normalized spacial score (nSPS) is 12.8. The Bertz CT molecular complexity index is 652. The van der Waals surface area contributed by atoms with E-state index in [-0.39, 0.29) is 12.0 Å². The van der Waals surface area contributed by atoms with Gasteiger partial charge in [-0.2, -0.15) is 0 Å². The van der Waals surface area contributed by atoms with Crippen LogP contribution in [0, 0.1) is 0 Å². The van der Waals surface area contributed by atoms with Crippen LogP contribution in [0.1, 0.15) is 57.5 Å². The number of carbonyl (C=O) groups excluding carboxylic acids is 2. The number of nitrogens with one attached hydrogen (secondary N) is 1. The zero-order chi connectivity index (χ0) is 20.1. The van der Waals surface area contributed by atoms with E-state index in [1.807, 2.05) is 0 Å². The standard InChI is InChI=1S/C19H27NO6/c1-18(2,3)25-16(23)14(20-17(24)26-19(4,5)6)11-12-7-9-13(10-8-12)15(21)22/h7-10,14H,11H2,1-6H3,(H,20,24)(H,21,22)/t14-/m0/s1. The molecule has 0 radical (unpaired) electrons. The highest BCUT2D eigenvalue weighted by molar-refractivity contribution is 5.87. The average molecular weight is 365 g/mol. The van der Waals surface area contributed by atoms with Crippen molar-refractivity contribution in [2.45, 2.75) is 65.2 Å². The van der Waals surface area contributed by atoms with Crippen molar-refractivity contribution >= 4 is 18.0 Å². The average Bonchev–Trinajstić information content (AvgIpc) is 2.43. The van der Waals surface area contributed by atoms with Crippen molar-refractivity contribution in [2.75, 3.05) is 0 Å². The van der Waals surface area contributed by atoms with E-state index in [1.54, 1.807) is 53.7 Å². The quantitative estimate of drug-likeness (QED) is 0.777. The van der Waals surface area contributed by atoms with Crippen LogP contribution in [-0.2, 0) is 20.7 Å². The molecule has 144 valence electrons. The minimum absolute atomic E-state index is 0.141. The summed E-state index contributed by atoms with van der Waals surface area (Å²) in [6.45, 7) is 10.4. The van der Waals surface area contributed by atoms with Gasteiger partial charge in [-0.25, -0.2) is 14.4 Å². The summed E-state index contributed by atoms with van der Waals surface area (Å²) in [5, 5.41) is 11.5. The predicted molar refractivity (Wildman–Crippen MR) is 96.1 cm³/mol. The van der Waals surface area contributed by atoms with Gasteiger partial charge in [0.1, 0.15) is 17.2 Å². The van der Waals surface area contributed by atoms with Gasteiger partial charge in [0.25, 0.3) is 0 Å². The Morgan fingerprint density at radius 1 is 0.962 bits per heavy atom. The number of benzene rings is 1. The summed E-state index contributed by atoms with van der Waals surface area (Å²) >= 11 is 0. The van der Waals surface area contributed by atoms with Gasteiger partial charge < -0.3 is 19.9 Å². The van der Waals surface area contributed by atoms with Gasteiger partial charge in [-0.1, -0.05) is 12.1 Å². The van der Waals surface area contributed by atoms with Crippen LogP contribution in [0.2, 0.25) is 0 Å². The fourth-order valence-corrected chi connectivity index (χ4v) is 2.04. The maximum Gasteiger partial charge on any atom is 0.408 e. The summed E-state index contributed by atoms with van der Waals surface area (Å²) in [7, 11) is 0. The molecule has 7 heteroatoms. The molecule has 0 aromatic heterocycles. The van der Waals surface area contributed by atoms with Crippen LogP contribution >= 0.6 is 0 Å². The van der Waals surface area contributed by atoms with Gasteiger partial charge in [0.2, 0.25) is 0 Å². The number of hydrogen-bond donors (Lipinski definition) is 2. The summed E-state index contributed by atoms with van der Waals surface area (Å²) in [4.78, 5) is 35.4. The number of ether oxygens (including phenoxy) is 2. The van der Waals surface area contributed by atoms with Crippen molar-refractivity contribution in [2.24, 2.45) is 0 Å². The number of amides is 1. The third kappa shape index (κ3) is 8.00. The van der Waals surface area contributed by atoms with Gasteiger partial charge in [-0.15, -0.1) is 0 Å². The monoisotopic (exact) mass is 365 g/mol. The number of carboxylic acids is 1. The van der Waals surface area contributed by atoms with E-state index in [4.69, 9.17) is 14.6 Å². The van der Waals surface area contributed by atoms with Gasteiger partial charge in [-0.3, -0.25) is 0 Å². The highest BCUT2D eigenvalue weighted by Crippen LogP contribution is 2.14. The van der Waals surface area contributed by atoms with E-state index in [1.165, 1.54) is 12.1 Å². The lowest BCUT2D eigenvalue weighted by Crippen LogP contribution is -2.47. The summed E-state index contributed by atoms with van der Waals surface area (Å²) < 4.78 is 10.6. The molecule has 0 heterocycles. The van der Waals surface area contributed by atoms with Crippen LogP contribution in [0.5, 0.6) is 0 Å². The maximum atomic E-state index is 12.5. The highest BCUT2D eigenvalue weighted by Gasteiger charge is 2.29. The molecule has 0 bridgehead atoms. The number of aromatic carboxylic acids is 1. The Balaban J connectivity index is 2.94. The number of carboxylic acid groups (broad SMARTS) is 1. The molecule has 1 aromatic carbocycles.